The third kappa shape index (κ3) is 4.98. The molecule has 12 heteroatoms. The van der Waals surface area contributed by atoms with Crippen molar-refractivity contribution in [2.75, 3.05) is 5.32 Å². The van der Waals surface area contributed by atoms with Gasteiger partial charge in [-0.1, -0.05) is 54.1 Å². The van der Waals surface area contributed by atoms with Gasteiger partial charge in [-0.2, -0.15) is 23.4 Å². The summed E-state index contributed by atoms with van der Waals surface area (Å²) in [6.45, 7) is 0.208. The Labute approximate surface area is 228 Å². The monoisotopic (exact) mass is 564 g/mol. The largest absolute Gasteiger partial charge is 0.433 e. The van der Waals surface area contributed by atoms with Gasteiger partial charge >= 0.3 is 6.18 Å². The van der Waals surface area contributed by atoms with Gasteiger partial charge in [0.15, 0.2) is 17.0 Å². The Bertz CT molecular complexity index is 1910. The van der Waals surface area contributed by atoms with Crippen LogP contribution in [-0.4, -0.2) is 30.3 Å². The first-order valence-corrected chi connectivity index (χ1v) is 12.3. The standard InChI is InChI=1S/C28H17ClF4N6O/c29-22-10-20(30)8-7-19(22)14-38-15-21(13-34-38)35-27(40)24-12-26-36-23(11-25(28(31,32)33)39(26)37-24)18-6-5-16-3-1-2-4-17(16)9-18/h1-13,15H,14H2,(H,35,40). The third-order valence-electron chi connectivity index (χ3n) is 6.23. The molecule has 200 valence electrons. The van der Waals surface area contributed by atoms with Crippen LogP contribution in [0.5, 0.6) is 0 Å². The van der Waals surface area contributed by atoms with Crippen molar-refractivity contribution in [2.45, 2.75) is 12.7 Å². The van der Waals surface area contributed by atoms with E-state index < -0.39 is 23.6 Å². The van der Waals surface area contributed by atoms with E-state index in [9.17, 15) is 22.4 Å². The lowest BCUT2D eigenvalue weighted by molar-refractivity contribution is -0.142. The number of anilines is 1. The molecule has 6 aromatic rings. The van der Waals surface area contributed by atoms with Crippen molar-refractivity contribution in [3.63, 3.8) is 0 Å². The molecule has 40 heavy (non-hydrogen) atoms. The van der Waals surface area contributed by atoms with E-state index in [2.05, 4.69) is 20.5 Å². The molecular weight excluding hydrogens is 548 g/mol. The first kappa shape index (κ1) is 25.5. The topological polar surface area (TPSA) is 77.1 Å². The molecule has 0 unspecified atom stereocenters. The van der Waals surface area contributed by atoms with Crippen LogP contribution in [0.1, 0.15) is 21.7 Å². The minimum atomic E-state index is -4.75. The molecule has 6 rings (SSSR count). The van der Waals surface area contributed by atoms with Gasteiger partial charge in [0.05, 0.1) is 24.1 Å². The van der Waals surface area contributed by atoms with Crippen LogP contribution in [0.4, 0.5) is 23.2 Å². The summed E-state index contributed by atoms with van der Waals surface area (Å²) >= 11 is 6.06. The fourth-order valence-corrected chi connectivity index (χ4v) is 4.55. The molecular formula is C28H17ClF4N6O. The Morgan fingerprint density at radius 1 is 0.975 bits per heavy atom. The molecule has 3 aromatic carbocycles. The van der Waals surface area contributed by atoms with Gasteiger partial charge in [0.25, 0.3) is 5.91 Å². The predicted molar refractivity (Wildman–Crippen MR) is 142 cm³/mol. The Morgan fingerprint density at radius 3 is 2.55 bits per heavy atom. The van der Waals surface area contributed by atoms with E-state index in [1.165, 1.54) is 41.3 Å². The fraction of sp³-hybridized carbons (Fsp3) is 0.0714. The second kappa shape index (κ2) is 9.76. The lowest BCUT2D eigenvalue weighted by Gasteiger charge is -2.11. The molecule has 0 atom stereocenters. The highest BCUT2D eigenvalue weighted by atomic mass is 35.5. The summed E-state index contributed by atoms with van der Waals surface area (Å²) < 4.78 is 57.5. The van der Waals surface area contributed by atoms with Crippen LogP contribution >= 0.6 is 11.6 Å². The van der Waals surface area contributed by atoms with Crippen molar-refractivity contribution in [3.05, 3.63) is 113 Å². The van der Waals surface area contributed by atoms with Gasteiger partial charge in [0.2, 0.25) is 0 Å². The van der Waals surface area contributed by atoms with Crippen LogP contribution in [-0.2, 0) is 12.7 Å². The molecule has 0 aliphatic heterocycles. The van der Waals surface area contributed by atoms with Crippen LogP contribution in [0.2, 0.25) is 5.02 Å². The highest BCUT2D eigenvalue weighted by molar-refractivity contribution is 6.31. The molecule has 0 saturated carbocycles. The van der Waals surface area contributed by atoms with E-state index >= 15 is 0 Å². The van der Waals surface area contributed by atoms with Crippen molar-refractivity contribution in [2.24, 2.45) is 0 Å². The Balaban J connectivity index is 1.30. The average Bonchev–Trinajstić information content (AvgIpc) is 3.55. The van der Waals surface area contributed by atoms with E-state index in [4.69, 9.17) is 11.6 Å². The maximum Gasteiger partial charge on any atom is 0.433 e. The summed E-state index contributed by atoms with van der Waals surface area (Å²) in [4.78, 5) is 17.3. The molecule has 1 amide bonds. The molecule has 3 heterocycles. The molecule has 0 spiro atoms. The zero-order chi connectivity index (χ0) is 28.0. The van der Waals surface area contributed by atoms with Gasteiger partial charge in [0.1, 0.15) is 5.82 Å². The van der Waals surface area contributed by atoms with E-state index in [-0.39, 0.29) is 34.3 Å². The number of nitrogens with zero attached hydrogens (tertiary/aromatic N) is 5. The predicted octanol–water partition coefficient (Wildman–Crippen LogP) is 6.86. The summed E-state index contributed by atoms with van der Waals surface area (Å²) in [6.07, 6.45) is -1.89. The quantitative estimate of drug-likeness (QED) is 0.232. The SMILES string of the molecule is O=C(Nc1cnn(Cc2ccc(F)cc2Cl)c1)c1cc2nc(-c3ccc4ccccc4c3)cc(C(F)(F)F)n2n1. The molecule has 0 fully saturated rings. The number of hydrogen-bond donors (Lipinski definition) is 1. The van der Waals surface area contributed by atoms with Gasteiger partial charge < -0.3 is 5.32 Å². The van der Waals surface area contributed by atoms with Gasteiger partial charge in [0, 0.05) is 22.8 Å². The highest BCUT2D eigenvalue weighted by Crippen LogP contribution is 2.33. The van der Waals surface area contributed by atoms with Crippen LogP contribution in [0.15, 0.2) is 85.2 Å². The summed E-state index contributed by atoms with van der Waals surface area (Å²) in [6, 6.07) is 18.8. The number of carbonyl (C=O) groups excluding carboxylic acids is 1. The molecule has 1 N–H and O–H groups in total. The van der Waals surface area contributed by atoms with Crippen molar-refractivity contribution in [3.8, 4) is 11.3 Å². The number of nitrogens with one attached hydrogen (secondary N) is 1. The van der Waals surface area contributed by atoms with Crippen molar-refractivity contribution in [1.82, 2.24) is 24.4 Å². The van der Waals surface area contributed by atoms with E-state index in [1.54, 1.807) is 12.1 Å². The number of carbonyl (C=O) groups is 1. The van der Waals surface area contributed by atoms with Crippen molar-refractivity contribution < 1.29 is 22.4 Å². The zero-order valence-corrected chi connectivity index (χ0v) is 21.1. The lowest BCUT2D eigenvalue weighted by Crippen LogP contribution is -2.15. The van der Waals surface area contributed by atoms with Gasteiger partial charge in [-0.3, -0.25) is 9.48 Å². The third-order valence-corrected chi connectivity index (χ3v) is 6.59. The number of aromatic nitrogens is 5. The van der Waals surface area contributed by atoms with E-state index in [1.807, 2.05) is 30.3 Å². The first-order chi connectivity index (χ1) is 19.1. The molecule has 0 bridgehead atoms. The second-order valence-corrected chi connectivity index (χ2v) is 9.41. The van der Waals surface area contributed by atoms with Crippen LogP contribution < -0.4 is 5.32 Å². The minimum Gasteiger partial charge on any atom is -0.318 e. The maximum absolute atomic E-state index is 14.0. The summed E-state index contributed by atoms with van der Waals surface area (Å²) in [5, 5.41) is 12.6. The van der Waals surface area contributed by atoms with Crippen LogP contribution in [0.25, 0.3) is 27.7 Å². The summed E-state index contributed by atoms with van der Waals surface area (Å²) in [5.74, 6) is -1.22. The number of rotatable bonds is 5. The van der Waals surface area contributed by atoms with Crippen molar-refractivity contribution in [1.29, 1.82) is 0 Å². The highest BCUT2D eigenvalue weighted by Gasteiger charge is 2.35. The van der Waals surface area contributed by atoms with Gasteiger partial charge in [-0.25, -0.2) is 13.9 Å². The Kier molecular flexibility index (Phi) is 6.22. The van der Waals surface area contributed by atoms with Crippen molar-refractivity contribution >= 4 is 39.6 Å². The molecule has 7 nitrogen and oxygen atoms in total. The Morgan fingerprint density at radius 2 is 1.77 bits per heavy atom. The lowest BCUT2D eigenvalue weighted by atomic mass is 10.0. The molecule has 0 aliphatic rings. The maximum atomic E-state index is 14.0. The zero-order valence-electron chi connectivity index (χ0n) is 20.3. The van der Waals surface area contributed by atoms with Crippen LogP contribution in [0, 0.1) is 5.82 Å². The molecule has 3 aromatic heterocycles. The van der Waals surface area contributed by atoms with E-state index in [0.29, 0.717) is 15.6 Å². The normalized spacial score (nSPS) is 11.8. The van der Waals surface area contributed by atoms with Gasteiger partial charge in [-0.05, 0) is 40.6 Å². The average molecular weight is 565 g/mol. The summed E-state index contributed by atoms with van der Waals surface area (Å²) in [5.41, 5.74) is 0.0146. The van der Waals surface area contributed by atoms with Gasteiger partial charge in [-0.15, -0.1) is 0 Å². The molecule has 0 radical (unpaired) electrons. The number of benzene rings is 3. The van der Waals surface area contributed by atoms with Crippen LogP contribution in [0.3, 0.4) is 0 Å². The smallest absolute Gasteiger partial charge is 0.318 e. The van der Waals surface area contributed by atoms with E-state index in [0.717, 1.165) is 16.8 Å². The Hall–Kier alpha value is -4.77. The number of amides is 1. The number of hydrogen-bond acceptors (Lipinski definition) is 4. The number of halogens is 5. The second-order valence-electron chi connectivity index (χ2n) is 9.00. The molecule has 0 aliphatic carbocycles. The number of alkyl halides is 3. The fourth-order valence-electron chi connectivity index (χ4n) is 4.32. The number of fused-ring (bicyclic) bond motifs is 2. The molecule has 0 saturated heterocycles. The first-order valence-electron chi connectivity index (χ1n) is 11.9. The minimum absolute atomic E-state index is 0.0955. The summed E-state index contributed by atoms with van der Waals surface area (Å²) in [7, 11) is 0.